The predicted molar refractivity (Wildman–Crippen MR) is 92.5 cm³/mol. The van der Waals surface area contributed by atoms with Crippen LogP contribution in [0.5, 0.6) is 0 Å². The summed E-state index contributed by atoms with van der Waals surface area (Å²) in [7, 11) is -1.90. The largest absolute Gasteiger partial charge is 0.284 e. The van der Waals surface area contributed by atoms with Gasteiger partial charge in [-0.05, 0) is 18.6 Å². The Balaban J connectivity index is 2.12. The Morgan fingerprint density at radius 1 is 1.41 bits per heavy atom. The minimum absolute atomic E-state index is 0.0738. The topological polar surface area (TPSA) is 92.7 Å². The van der Waals surface area contributed by atoms with Crippen molar-refractivity contribution in [3.63, 3.8) is 0 Å². The van der Waals surface area contributed by atoms with Crippen molar-refractivity contribution in [3.05, 3.63) is 36.2 Å². The summed E-state index contributed by atoms with van der Waals surface area (Å²) in [5.74, 6) is 0.317. The van der Waals surface area contributed by atoms with Crippen LogP contribution in [0, 0.1) is 0 Å². The lowest BCUT2D eigenvalue weighted by molar-refractivity contribution is 0.601. The van der Waals surface area contributed by atoms with Crippen LogP contribution in [0.25, 0.3) is 10.9 Å². The number of hydrogen-bond acceptors (Lipinski definition) is 4. The van der Waals surface area contributed by atoms with Gasteiger partial charge in [-0.2, -0.15) is 10.2 Å². The van der Waals surface area contributed by atoms with Gasteiger partial charge in [-0.3, -0.25) is 14.5 Å². The molecule has 22 heavy (non-hydrogen) atoms. The number of fused-ring (bicyclic) bond motifs is 1. The zero-order chi connectivity index (χ0) is 15.9. The fraction of sp³-hybridized carbons (Fsp3) is 0.231. The third-order valence-corrected chi connectivity index (χ3v) is 5.32. The summed E-state index contributed by atoms with van der Waals surface area (Å²) in [6.45, 7) is 2.08. The van der Waals surface area contributed by atoms with Crippen molar-refractivity contribution >= 4 is 49.3 Å². The van der Waals surface area contributed by atoms with Crippen molar-refractivity contribution in [2.45, 2.75) is 15.7 Å². The molecule has 0 aliphatic carbocycles. The lowest BCUT2D eigenvalue weighted by Gasteiger charge is -2.07. The van der Waals surface area contributed by atoms with Crippen LogP contribution in [0.2, 0.25) is 0 Å². The molecular weight excluding hydrogens is 417 g/mol. The van der Waals surface area contributed by atoms with Gasteiger partial charge in [0.05, 0.1) is 11.7 Å². The molecule has 0 aliphatic rings. The molecule has 3 rings (SSSR count). The fourth-order valence-electron chi connectivity index (χ4n) is 2.34. The van der Waals surface area contributed by atoms with Gasteiger partial charge in [-0.15, -0.1) is 0 Å². The summed E-state index contributed by atoms with van der Waals surface area (Å²) < 4.78 is 29.1. The van der Waals surface area contributed by atoms with E-state index in [1.807, 2.05) is 18.2 Å². The van der Waals surface area contributed by atoms with Crippen molar-refractivity contribution in [2.24, 2.45) is 7.05 Å². The minimum atomic E-state index is -3.70. The zero-order valence-electron chi connectivity index (χ0n) is 11.9. The van der Waals surface area contributed by atoms with E-state index in [2.05, 4.69) is 49.5 Å². The second kappa shape index (κ2) is 5.54. The van der Waals surface area contributed by atoms with E-state index in [1.165, 1.54) is 12.4 Å². The molecule has 1 aromatic carbocycles. The number of halogens is 1. The lowest BCUT2D eigenvalue weighted by Crippen LogP contribution is -2.13. The van der Waals surface area contributed by atoms with Crippen molar-refractivity contribution in [2.75, 3.05) is 4.72 Å². The maximum atomic E-state index is 12.3. The highest BCUT2D eigenvalue weighted by Gasteiger charge is 2.21. The third kappa shape index (κ3) is 2.58. The Morgan fingerprint density at radius 3 is 2.82 bits per heavy atom. The Bertz CT molecular complexity index is 915. The summed E-state index contributed by atoms with van der Waals surface area (Å²) in [5.41, 5.74) is 2.04. The Labute approximate surface area is 141 Å². The molecule has 0 radical (unpaired) electrons. The van der Waals surface area contributed by atoms with Crippen LogP contribution in [0.4, 0.5) is 5.82 Å². The SMILES string of the molecule is C[C@H](I)c1cccc2c(NS(=O)(=O)c3cn[nH]c3)nn(C)c12. The minimum Gasteiger partial charge on any atom is -0.284 e. The number of aromatic amines is 1. The second-order valence-corrected chi connectivity index (χ2v) is 8.42. The molecule has 7 nitrogen and oxygen atoms in total. The molecule has 2 N–H and O–H groups in total. The molecular formula is C13H14IN5O2S. The molecule has 2 aromatic heterocycles. The van der Waals surface area contributed by atoms with E-state index in [1.54, 1.807) is 11.7 Å². The number of hydrogen-bond donors (Lipinski definition) is 2. The molecule has 0 saturated heterocycles. The first kappa shape index (κ1) is 15.3. The van der Waals surface area contributed by atoms with E-state index in [0.717, 1.165) is 16.5 Å². The first-order valence-corrected chi connectivity index (χ1v) is 9.24. The van der Waals surface area contributed by atoms with Gasteiger partial charge >= 0.3 is 0 Å². The molecule has 0 bridgehead atoms. The number of rotatable bonds is 4. The van der Waals surface area contributed by atoms with E-state index in [0.29, 0.717) is 5.82 Å². The normalized spacial score (nSPS) is 13.4. The maximum absolute atomic E-state index is 12.3. The molecule has 3 aromatic rings. The van der Waals surface area contributed by atoms with Crippen molar-refractivity contribution in [1.82, 2.24) is 20.0 Å². The summed E-state index contributed by atoms with van der Waals surface area (Å²) in [6.07, 6.45) is 2.58. The Hall–Kier alpha value is -1.62. The van der Waals surface area contributed by atoms with Gasteiger partial charge in [0.1, 0.15) is 4.90 Å². The Morgan fingerprint density at radius 2 is 2.18 bits per heavy atom. The van der Waals surface area contributed by atoms with Crippen LogP contribution in [-0.2, 0) is 17.1 Å². The summed E-state index contributed by atoms with van der Waals surface area (Å²) >= 11 is 2.33. The number of para-hydroxylation sites is 1. The summed E-state index contributed by atoms with van der Waals surface area (Å²) in [5, 5.41) is 11.3. The number of aromatic nitrogens is 4. The highest BCUT2D eigenvalue weighted by atomic mass is 127. The number of sulfonamides is 1. The number of alkyl halides is 1. The zero-order valence-corrected chi connectivity index (χ0v) is 14.9. The molecule has 9 heteroatoms. The summed E-state index contributed by atoms with van der Waals surface area (Å²) in [4.78, 5) is 0.0738. The van der Waals surface area contributed by atoms with Crippen molar-refractivity contribution in [1.29, 1.82) is 0 Å². The van der Waals surface area contributed by atoms with Crippen molar-refractivity contribution < 1.29 is 8.42 Å². The summed E-state index contributed by atoms with van der Waals surface area (Å²) in [6, 6.07) is 5.79. The standard InChI is InChI=1S/C13H14IN5O2S/c1-8(14)10-4-3-5-11-12(10)19(2)17-13(11)18-22(20,21)9-6-15-16-7-9/h3-8H,1-2H3,(H,15,16)(H,17,18)/t8-/m0/s1. The predicted octanol–water partition coefficient (Wildman–Crippen LogP) is 2.59. The molecule has 116 valence electrons. The van der Waals surface area contributed by atoms with Gasteiger partial charge in [-0.25, -0.2) is 8.42 Å². The van der Waals surface area contributed by atoms with Gasteiger partial charge in [0, 0.05) is 22.6 Å². The van der Waals surface area contributed by atoms with Gasteiger partial charge < -0.3 is 0 Å². The number of nitrogens with one attached hydrogen (secondary N) is 2. The Kier molecular flexibility index (Phi) is 3.85. The number of H-pyrrole nitrogens is 1. The number of benzene rings is 1. The molecule has 1 atom stereocenters. The van der Waals surface area contributed by atoms with Gasteiger partial charge in [0.2, 0.25) is 0 Å². The number of nitrogens with zero attached hydrogens (tertiary/aromatic N) is 3. The highest BCUT2D eigenvalue weighted by molar-refractivity contribution is 14.1. The monoisotopic (exact) mass is 431 g/mol. The molecule has 0 amide bonds. The van der Waals surface area contributed by atoms with Gasteiger partial charge in [0.25, 0.3) is 10.0 Å². The fourth-order valence-corrected chi connectivity index (χ4v) is 3.76. The van der Waals surface area contributed by atoms with Crippen LogP contribution in [0.1, 0.15) is 16.4 Å². The molecule has 0 fully saturated rings. The van der Waals surface area contributed by atoms with Crippen LogP contribution in [0.3, 0.4) is 0 Å². The molecule has 0 unspecified atom stereocenters. The number of aryl methyl sites for hydroxylation is 1. The van der Waals surface area contributed by atoms with Crippen LogP contribution in [0.15, 0.2) is 35.5 Å². The lowest BCUT2D eigenvalue weighted by atomic mass is 10.1. The smallest absolute Gasteiger partial charge is 0.266 e. The van der Waals surface area contributed by atoms with E-state index < -0.39 is 10.0 Å². The molecule has 2 heterocycles. The number of anilines is 1. The molecule has 0 saturated carbocycles. The molecule has 0 aliphatic heterocycles. The molecule has 0 spiro atoms. The van der Waals surface area contributed by atoms with Crippen LogP contribution >= 0.6 is 22.6 Å². The highest BCUT2D eigenvalue weighted by Crippen LogP contribution is 2.33. The van der Waals surface area contributed by atoms with Gasteiger partial charge in [-0.1, -0.05) is 34.7 Å². The van der Waals surface area contributed by atoms with E-state index in [-0.39, 0.29) is 8.82 Å². The third-order valence-electron chi connectivity index (χ3n) is 3.34. The quantitative estimate of drug-likeness (QED) is 0.491. The average Bonchev–Trinajstić information content (AvgIpc) is 3.08. The average molecular weight is 431 g/mol. The second-order valence-electron chi connectivity index (χ2n) is 4.87. The maximum Gasteiger partial charge on any atom is 0.266 e. The first-order valence-electron chi connectivity index (χ1n) is 6.51. The van der Waals surface area contributed by atoms with E-state index >= 15 is 0 Å². The van der Waals surface area contributed by atoms with E-state index in [9.17, 15) is 8.42 Å². The van der Waals surface area contributed by atoms with Crippen LogP contribution < -0.4 is 4.72 Å². The first-order chi connectivity index (χ1) is 10.4. The van der Waals surface area contributed by atoms with Crippen LogP contribution in [-0.4, -0.2) is 28.4 Å². The van der Waals surface area contributed by atoms with E-state index in [4.69, 9.17) is 0 Å². The van der Waals surface area contributed by atoms with Crippen molar-refractivity contribution in [3.8, 4) is 0 Å². The van der Waals surface area contributed by atoms with Gasteiger partial charge in [0.15, 0.2) is 5.82 Å².